The Hall–Kier alpha value is -3.35. The lowest BCUT2D eigenvalue weighted by Crippen LogP contribution is -2.38. The Morgan fingerprint density at radius 1 is 1.07 bits per heavy atom. The fraction of sp³-hybridized carbons (Fsp3) is 0.348. The Morgan fingerprint density at radius 3 is 2.47 bits per heavy atom. The van der Waals surface area contributed by atoms with Crippen molar-refractivity contribution in [3.63, 3.8) is 0 Å². The van der Waals surface area contributed by atoms with Gasteiger partial charge in [0.25, 0.3) is 5.91 Å². The maximum atomic E-state index is 13.0. The maximum Gasteiger partial charge on any atom is 0.257 e. The fourth-order valence-electron chi connectivity index (χ4n) is 3.78. The third-order valence-corrected chi connectivity index (χ3v) is 5.52. The molecule has 2 heterocycles. The van der Waals surface area contributed by atoms with Crippen molar-refractivity contribution in [3.8, 4) is 22.9 Å². The van der Waals surface area contributed by atoms with Crippen molar-refractivity contribution in [3.05, 3.63) is 59.5 Å². The van der Waals surface area contributed by atoms with Crippen molar-refractivity contribution in [2.24, 2.45) is 0 Å². The maximum absolute atomic E-state index is 13.0. The number of aromatic nitrogens is 2. The number of ether oxygens (including phenoxy) is 2. The minimum atomic E-state index is -0.0601. The summed E-state index contributed by atoms with van der Waals surface area (Å²) in [6.45, 7) is 3.28. The first-order chi connectivity index (χ1) is 14.6. The van der Waals surface area contributed by atoms with Crippen LogP contribution in [-0.4, -0.2) is 48.3 Å². The molecule has 156 valence electrons. The molecule has 0 radical (unpaired) electrons. The molecule has 0 N–H and O–H groups in total. The Morgan fingerprint density at radius 2 is 1.80 bits per heavy atom. The normalized spacial score (nSPS) is 14.6. The van der Waals surface area contributed by atoms with Gasteiger partial charge in [-0.25, -0.2) is 0 Å². The Labute approximate surface area is 175 Å². The molecule has 0 atom stereocenters. The first-order valence-corrected chi connectivity index (χ1v) is 10.0. The number of hydrogen-bond acceptors (Lipinski definition) is 6. The molecule has 0 aliphatic carbocycles. The van der Waals surface area contributed by atoms with E-state index in [0.717, 1.165) is 18.4 Å². The lowest BCUT2D eigenvalue weighted by molar-refractivity contribution is 0.0700. The minimum absolute atomic E-state index is 0.0601. The predicted octanol–water partition coefficient (Wildman–Crippen LogP) is 4.08. The second-order valence-electron chi connectivity index (χ2n) is 7.43. The van der Waals surface area contributed by atoms with E-state index >= 15 is 0 Å². The van der Waals surface area contributed by atoms with Gasteiger partial charge in [-0.1, -0.05) is 41.1 Å². The number of rotatable bonds is 5. The molecule has 7 heteroatoms. The summed E-state index contributed by atoms with van der Waals surface area (Å²) >= 11 is 0. The number of hydrogen-bond donors (Lipinski definition) is 0. The molecule has 1 aromatic heterocycles. The van der Waals surface area contributed by atoms with Gasteiger partial charge in [-0.05, 0) is 31.9 Å². The van der Waals surface area contributed by atoms with Crippen LogP contribution in [0.1, 0.15) is 40.6 Å². The van der Waals surface area contributed by atoms with E-state index in [0.29, 0.717) is 41.9 Å². The monoisotopic (exact) mass is 407 g/mol. The van der Waals surface area contributed by atoms with Crippen molar-refractivity contribution in [2.45, 2.75) is 25.7 Å². The van der Waals surface area contributed by atoms with E-state index in [1.165, 1.54) is 5.56 Å². The van der Waals surface area contributed by atoms with E-state index in [1.807, 2.05) is 36.1 Å². The molecular formula is C23H25N3O4. The second-order valence-corrected chi connectivity index (χ2v) is 7.43. The summed E-state index contributed by atoms with van der Waals surface area (Å²) in [6.07, 6.45) is 1.54. The van der Waals surface area contributed by atoms with Crippen LogP contribution in [0.2, 0.25) is 0 Å². The van der Waals surface area contributed by atoms with Crippen LogP contribution >= 0.6 is 0 Å². The summed E-state index contributed by atoms with van der Waals surface area (Å²) in [4.78, 5) is 19.5. The quantitative estimate of drug-likeness (QED) is 0.634. The van der Waals surface area contributed by atoms with Crippen molar-refractivity contribution in [1.29, 1.82) is 0 Å². The molecular weight excluding hydrogens is 382 g/mol. The van der Waals surface area contributed by atoms with Gasteiger partial charge in [0, 0.05) is 24.6 Å². The van der Waals surface area contributed by atoms with Crippen LogP contribution in [-0.2, 0) is 0 Å². The smallest absolute Gasteiger partial charge is 0.257 e. The number of piperidine rings is 1. The Kier molecular flexibility index (Phi) is 5.70. The van der Waals surface area contributed by atoms with Crippen molar-refractivity contribution < 1.29 is 18.8 Å². The number of likely N-dealkylation sites (tertiary alicyclic amines) is 1. The van der Waals surface area contributed by atoms with Crippen LogP contribution < -0.4 is 9.47 Å². The van der Waals surface area contributed by atoms with Gasteiger partial charge in [-0.15, -0.1) is 0 Å². The molecule has 3 aromatic rings. The van der Waals surface area contributed by atoms with Gasteiger partial charge < -0.3 is 18.9 Å². The molecule has 4 rings (SSSR count). The van der Waals surface area contributed by atoms with E-state index in [2.05, 4.69) is 10.1 Å². The molecule has 0 bridgehead atoms. The highest BCUT2D eigenvalue weighted by Gasteiger charge is 2.29. The van der Waals surface area contributed by atoms with E-state index in [4.69, 9.17) is 14.0 Å². The van der Waals surface area contributed by atoms with Crippen LogP contribution in [0.3, 0.4) is 0 Å². The number of carbonyl (C=O) groups excluding carboxylic acids is 1. The van der Waals surface area contributed by atoms with E-state index in [9.17, 15) is 4.79 Å². The Bertz CT molecular complexity index is 1020. The largest absolute Gasteiger partial charge is 0.493 e. The molecule has 0 spiro atoms. The minimum Gasteiger partial charge on any atom is -0.493 e. The van der Waals surface area contributed by atoms with Crippen LogP contribution in [0.25, 0.3) is 11.4 Å². The fourth-order valence-corrected chi connectivity index (χ4v) is 3.78. The third kappa shape index (κ3) is 3.87. The SMILES string of the molecule is COc1cccc(C(=O)N2CCC(c3nc(-c4ccc(C)cc4)no3)CC2)c1OC. The van der Waals surface area contributed by atoms with Crippen LogP contribution in [0.5, 0.6) is 11.5 Å². The zero-order valence-corrected chi connectivity index (χ0v) is 17.4. The van der Waals surface area contributed by atoms with Crippen molar-refractivity contribution in [2.75, 3.05) is 27.3 Å². The third-order valence-electron chi connectivity index (χ3n) is 5.52. The summed E-state index contributed by atoms with van der Waals surface area (Å²) < 4.78 is 16.3. The number of carbonyl (C=O) groups is 1. The molecule has 0 unspecified atom stereocenters. The average Bonchev–Trinajstić information content (AvgIpc) is 3.29. The highest BCUT2D eigenvalue weighted by Crippen LogP contribution is 2.34. The molecule has 0 saturated carbocycles. The lowest BCUT2D eigenvalue weighted by atomic mass is 9.96. The number of amides is 1. The molecule has 2 aromatic carbocycles. The predicted molar refractivity (Wildman–Crippen MR) is 112 cm³/mol. The van der Waals surface area contributed by atoms with Crippen LogP contribution in [0.4, 0.5) is 0 Å². The van der Waals surface area contributed by atoms with Crippen molar-refractivity contribution in [1.82, 2.24) is 15.0 Å². The Balaban J connectivity index is 1.43. The van der Waals surface area contributed by atoms with Gasteiger partial charge >= 0.3 is 0 Å². The molecule has 30 heavy (non-hydrogen) atoms. The second kappa shape index (κ2) is 8.57. The average molecular weight is 407 g/mol. The summed E-state index contributed by atoms with van der Waals surface area (Å²) in [7, 11) is 3.11. The highest BCUT2D eigenvalue weighted by molar-refractivity contribution is 5.97. The molecule has 1 saturated heterocycles. The standard InChI is InChI=1S/C23H25N3O4/c1-15-7-9-16(10-8-15)21-24-22(30-25-21)17-11-13-26(14-12-17)23(27)18-5-4-6-19(28-2)20(18)29-3/h4-10,17H,11-14H2,1-3H3. The lowest BCUT2D eigenvalue weighted by Gasteiger charge is -2.30. The molecule has 1 aliphatic heterocycles. The van der Waals surface area contributed by atoms with Gasteiger partial charge in [0.1, 0.15) is 0 Å². The van der Waals surface area contributed by atoms with Crippen LogP contribution in [0, 0.1) is 6.92 Å². The van der Waals surface area contributed by atoms with Gasteiger partial charge in [0.05, 0.1) is 19.8 Å². The zero-order valence-electron chi connectivity index (χ0n) is 17.4. The van der Waals surface area contributed by atoms with E-state index in [1.54, 1.807) is 32.4 Å². The molecule has 1 amide bonds. The number of para-hydroxylation sites is 1. The van der Waals surface area contributed by atoms with Gasteiger partial charge in [-0.3, -0.25) is 4.79 Å². The number of aryl methyl sites for hydroxylation is 1. The van der Waals surface area contributed by atoms with Gasteiger partial charge in [0.15, 0.2) is 11.5 Å². The molecule has 7 nitrogen and oxygen atoms in total. The summed E-state index contributed by atoms with van der Waals surface area (Å²) in [5, 5.41) is 4.14. The molecule has 1 aliphatic rings. The highest BCUT2D eigenvalue weighted by atomic mass is 16.5. The summed E-state index contributed by atoms with van der Waals surface area (Å²) in [6, 6.07) is 13.4. The van der Waals surface area contributed by atoms with Gasteiger partial charge in [-0.2, -0.15) is 4.98 Å². The molecule has 1 fully saturated rings. The van der Waals surface area contributed by atoms with Gasteiger partial charge in [0.2, 0.25) is 11.7 Å². The number of nitrogens with zero attached hydrogens (tertiary/aromatic N) is 3. The number of methoxy groups -OCH3 is 2. The number of benzene rings is 2. The first-order valence-electron chi connectivity index (χ1n) is 10.0. The summed E-state index contributed by atoms with van der Waals surface area (Å²) in [5.41, 5.74) is 2.63. The first kappa shape index (κ1) is 19.9. The van der Waals surface area contributed by atoms with E-state index in [-0.39, 0.29) is 11.8 Å². The van der Waals surface area contributed by atoms with E-state index < -0.39 is 0 Å². The van der Waals surface area contributed by atoms with Crippen LogP contribution in [0.15, 0.2) is 47.0 Å². The summed E-state index contributed by atoms with van der Waals surface area (Å²) in [5.74, 6) is 2.34. The van der Waals surface area contributed by atoms with Crippen molar-refractivity contribution >= 4 is 5.91 Å². The zero-order chi connectivity index (χ0) is 21.1. The topological polar surface area (TPSA) is 77.7 Å².